The van der Waals surface area contributed by atoms with Crippen molar-refractivity contribution >= 4 is 66.4 Å². The number of nitrogens with zero attached hydrogens (tertiary/aromatic N) is 2. The van der Waals surface area contributed by atoms with Crippen molar-refractivity contribution < 1.29 is 5.11 Å². The summed E-state index contributed by atoms with van der Waals surface area (Å²) in [4.78, 5) is 4.68. The van der Waals surface area contributed by atoms with Gasteiger partial charge in [0.15, 0.2) is 0 Å². The first-order chi connectivity index (χ1) is 23.5. The lowest BCUT2D eigenvalue weighted by atomic mass is 9.70. The van der Waals surface area contributed by atoms with E-state index in [1.807, 2.05) is 6.07 Å². The van der Waals surface area contributed by atoms with E-state index in [4.69, 9.17) is 0 Å². The van der Waals surface area contributed by atoms with E-state index in [0.29, 0.717) is 0 Å². The number of hydrogen-bond donors (Lipinski definition) is 1. The predicted molar refractivity (Wildman–Crippen MR) is 203 cm³/mol. The van der Waals surface area contributed by atoms with Crippen molar-refractivity contribution in [1.82, 2.24) is 0 Å². The van der Waals surface area contributed by atoms with E-state index >= 15 is 0 Å². The maximum atomic E-state index is 11.9. The molecule has 48 heavy (non-hydrogen) atoms. The summed E-state index contributed by atoms with van der Waals surface area (Å²) in [5.74, 6) is 0.288. The summed E-state index contributed by atoms with van der Waals surface area (Å²) >= 11 is 0. The summed E-state index contributed by atoms with van der Waals surface area (Å²) in [5.41, 5.74) is 9.18. The van der Waals surface area contributed by atoms with Gasteiger partial charge in [0.2, 0.25) is 0 Å². The highest BCUT2D eigenvalue weighted by Gasteiger charge is 2.33. The van der Waals surface area contributed by atoms with Gasteiger partial charge in [0.1, 0.15) is 5.75 Å². The van der Waals surface area contributed by atoms with Gasteiger partial charge in [-0.05, 0) is 101 Å². The van der Waals surface area contributed by atoms with Gasteiger partial charge in [0.05, 0.1) is 11.4 Å². The van der Waals surface area contributed by atoms with E-state index in [0.717, 1.165) is 63.1 Å². The number of phenolic OH excluding ortho intramolecular Hbond substituents is 1. The molecular weight excluding hydrogens is 585 g/mol. The molecule has 3 nitrogen and oxygen atoms in total. The second-order valence-corrected chi connectivity index (χ2v) is 13.6. The molecule has 3 heteroatoms. The fourth-order valence-electron chi connectivity index (χ4n) is 7.97. The predicted octanol–water partition coefficient (Wildman–Crippen LogP) is 12.5. The third-order valence-corrected chi connectivity index (χ3v) is 10.3. The summed E-state index contributed by atoms with van der Waals surface area (Å²) in [5, 5.41) is 18.8. The third kappa shape index (κ3) is 4.35. The molecule has 0 unspecified atom stereocenters. The number of aromatic hydroxyl groups is 1. The fraction of sp³-hybridized carbons (Fsp3) is 0.111. The number of phenols is 1. The lowest BCUT2D eigenvalue weighted by molar-refractivity contribution is 0.475. The summed E-state index contributed by atoms with van der Waals surface area (Å²) in [6.45, 7) is 4.78. The van der Waals surface area contributed by atoms with E-state index in [1.165, 1.54) is 27.3 Å². The van der Waals surface area contributed by atoms with Crippen LogP contribution in [-0.2, 0) is 11.8 Å². The van der Waals surface area contributed by atoms with E-state index in [2.05, 4.69) is 169 Å². The van der Waals surface area contributed by atoms with Crippen LogP contribution < -0.4 is 9.80 Å². The van der Waals surface area contributed by atoms with E-state index in [1.54, 1.807) is 0 Å². The summed E-state index contributed by atoms with van der Waals surface area (Å²) in [7, 11) is 0. The molecule has 0 saturated carbocycles. The molecule has 1 N–H and O–H groups in total. The number of benzene rings is 8. The Kier molecular flexibility index (Phi) is 6.45. The molecule has 0 amide bonds. The molecular formula is C45H36N2O. The average Bonchev–Trinajstić information content (AvgIpc) is 3.13. The molecule has 0 spiro atoms. The van der Waals surface area contributed by atoms with Gasteiger partial charge in [-0.15, -0.1) is 0 Å². The first-order valence-corrected chi connectivity index (χ1v) is 16.8. The molecule has 1 aliphatic rings. The van der Waals surface area contributed by atoms with Crippen molar-refractivity contribution in [1.29, 1.82) is 0 Å². The Labute approximate surface area is 281 Å². The van der Waals surface area contributed by atoms with Crippen LogP contribution in [0, 0.1) is 0 Å². The van der Waals surface area contributed by atoms with E-state index in [9.17, 15) is 5.11 Å². The zero-order valence-corrected chi connectivity index (χ0v) is 27.2. The van der Waals surface area contributed by atoms with Crippen LogP contribution in [0.4, 0.5) is 34.1 Å². The molecule has 0 aromatic heterocycles. The SMILES string of the molecule is CC1(C)CCc2cc(N(c3ccccc3)c3ccccc3)c3ccc4c(O)cc(N(c5ccccc5)c5ccccc5)c5cc1c2c3c45. The molecule has 8 aromatic carbocycles. The van der Waals surface area contributed by atoms with E-state index in [-0.39, 0.29) is 11.2 Å². The minimum atomic E-state index is -0.0146. The topological polar surface area (TPSA) is 26.7 Å². The minimum Gasteiger partial charge on any atom is -0.507 e. The third-order valence-electron chi connectivity index (χ3n) is 10.3. The number of hydrogen-bond acceptors (Lipinski definition) is 3. The van der Waals surface area contributed by atoms with Gasteiger partial charge in [-0.2, -0.15) is 0 Å². The van der Waals surface area contributed by atoms with Crippen LogP contribution in [0.2, 0.25) is 0 Å². The molecule has 232 valence electrons. The van der Waals surface area contributed by atoms with Crippen LogP contribution in [0.1, 0.15) is 31.4 Å². The van der Waals surface area contributed by atoms with Crippen molar-refractivity contribution in [2.45, 2.75) is 32.1 Å². The normalized spacial score (nSPS) is 13.7. The summed E-state index contributed by atoms with van der Waals surface area (Å²) < 4.78 is 0. The highest BCUT2D eigenvalue weighted by Crippen LogP contribution is 2.54. The maximum absolute atomic E-state index is 11.9. The van der Waals surface area contributed by atoms with Crippen molar-refractivity contribution in [3.8, 4) is 5.75 Å². The maximum Gasteiger partial charge on any atom is 0.125 e. The molecule has 0 heterocycles. The van der Waals surface area contributed by atoms with Crippen molar-refractivity contribution in [2.24, 2.45) is 0 Å². The van der Waals surface area contributed by atoms with Crippen LogP contribution in [0.15, 0.2) is 152 Å². The molecule has 0 bridgehead atoms. The molecule has 0 fully saturated rings. The Hall–Kier alpha value is -5.80. The second kappa shape index (κ2) is 10.9. The van der Waals surface area contributed by atoms with Gasteiger partial charge in [0.25, 0.3) is 0 Å². The van der Waals surface area contributed by atoms with Crippen LogP contribution in [0.25, 0.3) is 32.3 Å². The number of anilines is 6. The number of aryl methyl sites for hydroxylation is 1. The lowest BCUT2D eigenvalue weighted by Gasteiger charge is -2.36. The Balaban J connectivity index is 1.44. The van der Waals surface area contributed by atoms with Gasteiger partial charge in [-0.1, -0.05) is 92.7 Å². The van der Waals surface area contributed by atoms with Crippen molar-refractivity contribution in [3.05, 3.63) is 163 Å². The highest BCUT2D eigenvalue weighted by molar-refractivity contribution is 6.30. The van der Waals surface area contributed by atoms with Crippen LogP contribution in [0.3, 0.4) is 0 Å². The molecule has 0 aliphatic heterocycles. The highest BCUT2D eigenvalue weighted by atomic mass is 16.3. The smallest absolute Gasteiger partial charge is 0.125 e. The fourth-order valence-corrected chi connectivity index (χ4v) is 7.97. The average molecular weight is 621 g/mol. The zero-order chi connectivity index (χ0) is 32.4. The standard InChI is InChI=1S/C45H36N2O/c1-45(2)26-25-30-27-39(46(31-15-7-3-8-16-31)32-17-9-4-10-18-32)35-23-24-36-41(48)29-40(37-28-38(45)42(30)44(35)43(36)37)47(33-19-11-5-12-20-33)34-21-13-6-14-22-34/h3-24,27-29,48H,25-26H2,1-2H3. The van der Waals surface area contributed by atoms with Crippen LogP contribution >= 0.6 is 0 Å². The van der Waals surface area contributed by atoms with Gasteiger partial charge >= 0.3 is 0 Å². The quantitative estimate of drug-likeness (QED) is 0.187. The van der Waals surface area contributed by atoms with Gasteiger partial charge in [0, 0.05) is 55.7 Å². The zero-order valence-electron chi connectivity index (χ0n) is 27.2. The first-order valence-electron chi connectivity index (χ1n) is 16.8. The number of para-hydroxylation sites is 4. The molecule has 8 aromatic rings. The molecule has 0 radical (unpaired) electrons. The van der Waals surface area contributed by atoms with Crippen LogP contribution in [-0.4, -0.2) is 5.11 Å². The number of rotatable bonds is 6. The molecule has 0 saturated heterocycles. The largest absolute Gasteiger partial charge is 0.507 e. The molecule has 9 rings (SSSR count). The first kappa shape index (κ1) is 28.4. The second-order valence-electron chi connectivity index (χ2n) is 13.6. The lowest BCUT2D eigenvalue weighted by Crippen LogP contribution is -2.24. The summed E-state index contributed by atoms with van der Waals surface area (Å²) in [6.07, 6.45) is 2.06. The molecule has 0 atom stereocenters. The summed E-state index contributed by atoms with van der Waals surface area (Å²) in [6, 6.07) is 53.5. The van der Waals surface area contributed by atoms with Gasteiger partial charge in [-0.3, -0.25) is 0 Å². The van der Waals surface area contributed by atoms with Crippen molar-refractivity contribution in [3.63, 3.8) is 0 Å². The Morgan fingerprint density at radius 1 is 0.479 bits per heavy atom. The van der Waals surface area contributed by atoms with Crippen LogP contribution in [0.5, 0.6) is 5.75 Å². The van der Waals surface area contributed by atoms with Gasteiger partial charge < -0.3 is 14.9 Å². The van der Waals surface area contributed by atoms with E-state index < -0.39 is 0 Å². The minimum absolute atomic E-state index is 0.0146. The van der Waals surface area contributed by atoms with Crippen molar-refractivity contribution in [2.75, 3.05) is 9.80 Å². The Morgan fingerprint density at radius 2 is 0.938 bits per heavy atom. The Morgan fingerprint density at radius 3 is 1.44 bits per heavy atom. The molecule has 1 aliphatic carbocycles. The van der Waals surface area contributed by atoms with Gasteiger partial charge in [-0.25, -0.2) is 0 Å². The Bertz CT molecular complexity index is 2340. The monoisotopic (exact) mass is 620 g/mol.